The number of rotatable bonds is 11. The number of benzene rings is 2. The predicted octanol–water partition coefficient (Wildman–Crippen LogP) is 4.73. The highest BCUT2D eigenvalue weighted by atomic mass is 35.5. The second-order valence-corrected chi connectivity index (χ2v) is 6.69. The Bertz CT molecular complexity index is 982. The van der Waals surface area contributed by atoms with E-state index in [2.05, 4.69) is 10.2 Å². The van der Waals surface area contributed by atoms with Gasteiger partial charge < -0.3 is 18.9 Å². The van der Waals surface area contributed by atoms with Crippen LogP contribution in [-0.2, 0) is 9.59 Å². The zero-order valence-corrected chi connectivity index (χ0v) is 19.4. The largest absolute Gasteiger partial charge is 0.497 e. The number of methoxy groups -OCH3 is 2. The van der Waals surface area contributed by atoms with E-state index in [0.717, 1.165) is 4.42 Å². The molecule has 0 spiro atoms. The van der Waals surface area contributed by atoms with Gasteiger partial charge in [-0.15, -0.1) is 0 Å². The molecule has 32 heavy (non-hydrogen) atoms. The summed E-state index contributed by atoms with van der Waals surface area (Å²) >= 11 is 6.27. The Balaban J connectivity index is 2.37. The van der Waals surface area contributed by atoms with E-state index in [1.54, 1.807) is 30.3 Å². The summed E-state index contributed by atoms with van der Waals surface area (Å²) in [5.41, 5.74) is 0.551. The normalized spacial score (nSPS) is 11.7. The zero-order valence-electron chi connectivity index (χ0n) is 18.6. The van der Waals surface area contributed by atoms with Crippen LogP contribution < -0.4 is 23.4 Å². The highest BCUT2D eigenvalue weighted by Crippen LogP contribution is 2.38. The lowest BCUT2D eigenvalue weighted by atomic mass is 10.2. The Morgan fingerprint density at radius 3 is 2.34 bits per heavy atom. The molecular formula is C22H26ClN3O6. The molecule has 0 heterocycles. The van der Waals surface area contributed by atoms with E-state index in [9.17, 15) is 9.59 Å². The third kappa shape index (κ3) is 5.88. The number of halogens is 1. The summed E-state index contributed by atoms with van der Waals surface area (Å²) in [6.07, 6.45) is 0. The van der Waals surface area contributed by atoms with E-state index in [-0.39, 0.29) is 11.4 Å². The first kappa shape index (κ1) is 24.9. The number of carbonyl (C=O) groups excluding carboxylic acids is 2. The maximum atomic E-state index is 13.0. The van der Waals surface area contributed by atoms with Crippen LogP contribution in [0.4, 0.5) is 11.4 Å². The molecule has 2 rings (SSSR count). The van der Waals surface area contributed by atoms with Crippen molar-refractivity contribution in [1.82, 2.24) is 0 Å². The molecule has 0 radical (unpaired) electrons. The molecule has 2 aromatic rings. The van der Waals surface area contributed by atoms with Crippen molar-refractivity contribution in [1.29, 1.82) is 0 Å². The molecule has 0 saturated heterocycles. The molecule has 2 aromatic carbocycles. The van der Waals surface area contributed by atoms with Crippen LogP contribution >= 0.6 is 11.8 Å². The number of anilines is 1. The van der Waals surface area contributed by atoms with Gasteiger partial charge in [0.1, 0.15) is 22.9 Å². The Kier molecular flexibility index (Phi) is 9.27. The third-order valence-corrected chi connectivity index (χ3v) is 4.59. The lowest BCUT2D eigenvalue weighted by molar-refractivity contribution is -0.126. The minimum Gasteiger partial charge on any atom is -0.497 e. The summed E-state index contributed by atoms with van der Waals surface area (Å²) in [5.74, 6) is 0.341. The van der Waals surface area contributed by atoms with E-state index in [1.807, 2.05) is 13.8 Å². The highest BCUT2D eigenvalue weighted by Gasteiger charge is 2.30. The number of hydrogen-bond acceptors (Lipinski definition) is 8. The number of amides is 1. The third-order valence-electron chi connectivity index (χ3n) is 4.24. The van der Waals surface area contributed by atoms with Gasteiger partial charge in [-0.05, 0) is 45.0 Å². The van der Waals surface area contributed by atoms with Crippen molar-refractivity contribution in [2.45, 2.75) is 26.8 Å². The second-order valence-electron chi connectivity index (χ2n) is 6.36. The van der Waals surface area contributed by atoms with Crippen molar-refractivity contribution < 1.29 is 28.5 Å². The molecule has 172 valence electrons. The van der Waals surface area contributed by atoms with E-state index in [0.29, 0.717) is 36.1 Å². The quantitative estimate of drug-likeness (QED) is 0.271. The van der Waals surface area contributed by atoms with Crippen molar-refractivity contribution >= 4 is 34.8 Å². The van der Waals surface area contributed by atoms with E-state index in [4.69, 9.17) is 30.7 Å². The van der Waals surface area contributed by atoms with Crippen LogP contribution in [0.25, 0.3) is 0 Å². The van der Waals surface area contributed by atoms with E-state index < -0.39 is 17.7 Å². The SMILES string of the molecule is CCOc1cccc(N=NC(C(C)=O)C(=O)N(Cl)c2ccc(OC)cc2OC)c1OCC. The lowest BCUT2D eigenvalue weighted by Gasteiger charge is -2.19. The van der Waals surface area contributed by atoms with Gasteiger partial charge in [0.2, 0.25) is 6.04 Å². The van der Waals surface area contributed by atoms with Crippen molar-refractivity contribution in [3.05, 3.63) is 36.4 Å². The molecule has 0 aliphatic heterocycles. The van der Waals surface area contributed by atoms with Crippen LogP contribution in [0, 0.1) is 0 Å². The molecule has 9 nitrogen and oxygen atoms in total. The number of azo groups is 1. The van der Waals surface area contributed by atoms with Crippen molar-refractivity contribution in [3.8, 4) is 23.0 Å². The monoisotopic (exact) mass is 463 g/mol. The van der Waals surface area contributed by atoms with Gasteiger partial charge in [-0.25, -0.2) is 4.42 Å². The van der Waals surface area contributed by atoms with Crippen LogP contribution in [-0.4, -0.2) is 45.2 Å². The van der Waals surface area contributed by atoms with Gasteiger partial charge in [-0.2, -0.15) is 10.2 Å². The average molecular weight is 464 g/mol. The molecule has 10 heteroatoms. The molecule has 0 N–H and O–H groups in total. The summed E-state index contributed by atoms with van der Waals surface area (Å²) < 4.78 is 22.4. The number of para-hydroxylation sites is 1. The lowest BCUT2D eigenvalue weighted by Crippen LogP contribution is -2.36. The van der Waals surface area contributed by atoms with Crippen LogP contribution in [0.1, 0.15) is 20.8 Å². The molecule has 1 unspecified atom stereocenters. The fraction of sp³-hybridized carbons (Fsp3) is 0.364. The Morgan fingerprint density at radius 2 is 1.75 bits per heavy atom. The Hall–Kier alpha value is -3.33. The van der Waals surface area contributed by atoms with Gasteiger partial charge in [0, 0.05) is 17.8 Å². The Labute approximate surface area is 192 Å². The molecule has 1 amide bonds. The van der Waals surface area contributed by atoms with E-state index >= 15 is 0 Å². The average Bonchev–Trinajstić information content (AvgIpc) is 2.79. The first-order valence-electron chi connectivity index (χ1n) is 9.89. The number of ether oxygens (including phenoxy) is 4. The molecule has 0 aromatic heterocycles. The maximum absolute atomic E-state index is 13.0. The molecular weight excluding hydrogens is 438 g/mol. The van der Waals surface area contributed by atoms with Crippen molar-refractivity contribution in [2.75, 3.05) is 31.9 Å². The molecule has 0 bridgehead atoms. The zero-order chi connectivity index (χ0) is 23.7. The van der Waals surface area contributed by atoms with Gasteiger partial charge in [0.05, 0.1) is 27.4 Å². The second kappa shape index (κ2) is 11.9. The number of nitrogens with zero attached hydrogens (tertiary/aromatic N) is 3. The summed E-state index contributed by atoms with van der Waals surface area (Å²) in [6, 6.07) is 8.33. The van der Waals surface area contributed by atoms with Gasteiger partial charge in [-0.1, -0.05) is 6.07 Å². The Morgan fingerprint density at radius 1 is 1.03 bits per heavy atom. The summed E-state index contributed by atoms with van der Waals surface area (Å²) in [4.78, 5) is 25.2. The molecule has 0 saturated carbocycles. The highest BCUT2D eigenvalue weighted by molar-refractivity contribution is 6.39. The number of carbonyl (C=O) groups is 2. The van der Waals surface area contributed by atoms with Crippen molar-refractivity contribution in [3.63, 3.8) is 0 Å². The van der Waals surface area contributed by atoms with Gasteiger partial charge in [0.15, 0.2) is 17.3 Å². The minimum absolute atomic E-state index is 0.231. The maximum Gasteiger partial charge on any atom is 0.276 e. The van der Waals surface area contributed by atoms with Gasteiger partial charge in [-0.3, -0.25) is 9.59 Å². The smallest absolute Gasteiger partial charge is 0.276 e. The number of ketones is 1. The topological polar surface area (TPSA) is 99.0 Å². The summed E-state index contributed by atoms with van der Waals surface area (Å²) in [7, 11) is 2.93. The van der Waals surface area contributed by atoms with Crippen LogP contribution in [0.5, 0.6) is 23.0 Å². The molecule has 0 fully saturated rings. The number of hydrogen-bond donors (Lipinski definition) is 0. The van der Waals surface area contributed by atoms with Crippen LogP contribution in [0.2, 0.25) is 0 Å². The standard InChI is InChI=1S/C22H26ClN3O6/c1-6-31-18-10-8-9-16(21(18)32-7-2)24-25-20(14(3)27)22(28)26(23)17-12-11-15(29-4)13-19(17)30-5/h8-13,20H,6-7H2,1-5H3. The van der Waals surface area contributed by atoms with Crippen LogP contribution in [0.3, 0.4) is 0 Å². The minimum atomic E-state index is -1.47. The number of Topliss-reactive ketones (excluding diaryl/α,β-unsaturated/α-hetero) is 1. The summed E-state index contributed by atoms with van der Waals surface area (Å²) in [6.45, 7) is 5.70. The van der Waals surface area contributed by atoms with Gasteiger partial charge >= 0.3 is 0 Å². The molecule has 0 aliphatic rings. The van der Waals surface area contributed by atoms with Crippen LogP contribution in [0.15, 0.2) is 46.6 Å². The van der Waals surface area contributed by atoms with E-state index in [1.165, 1.54) is 27.2 Å². The molecule has 1 atom stereocenters. The summed E-state index contributed by atoms with van der Waals surface area (Å²) in [5, 5.41) is 8.07. The predicted molar refractivity (Wildman–Crippen MR) is 121 cm³/mol. The molecule has 0 aliphatic carbocycles. The first-order valence-corrected chi connectivity index (χ1v) is 10.2. The fourth-order valence-electron chi connectivity index (χ4n) is 2.74. The van der Waals surface area contributed by atoms with Crippen molar-refractivity contribution in [2.24, 2.45) is 10.2 Å². The van der Waals surface area contributed by atoms with Gasteiger partial charge in [0.25, 0.3) is 5.91 Å². The first-order chi connectivity index (χ1) is 15.4. The fourth-order valence-corrected chi connectivity index (χ4v) is 2.97.